The van der Waals surface area contributed by atoms with Crippen LogP contribution in [-0.2, 0) is 4.74 Å². The minimum absolute atomic E-state index is 0.672. The van der Waals surface area contributed by atoms with Crippen LogP contribution in [0, 0.1) is 0 Å². The summed E-state index contributed by atoms with van der Waals surface area (Å²) in [6.07, 6.45) is 0. The van der Waals surface area contributed by atoms with Crippen LogP contribution in [0.5, 0.6) is 5.75 Å². The zero-order valence-corrected chi connectivity index (χ0v) is 8.80. The first-order chi connectivity index (χ1) is 5.72. The molecule has 0 N–H and O–H groups in total. The predicted molar refractivity (Wildman–Crippen MR) is 51.4 cm³/mol. The zero-order valence-electron chi connectivity index (χ0n) is 6.46. The molecule has 0 aromatic heterocycles. The van der Waals surface area contributed by atoms with Crippen molar-refractivity contribution in [2.45, 2.75) is 5.75 Å². The zero-order chi connectivity index (χ0) is 8.97. The number of alkyl halides is 1. The maximum absolute atomic E-state index is 5.59. The van der Waals surface area contributed by atoms with Crippen LogP contribution in [0.1, 0.15) is 0 Å². The van der Waals surface area contributed by atoms with Crippen molar-refractivity contribution in [3.05, 3.63) is 28.7 Å². The lowest BCUT2D eigenvalue weighted by molar-refractivity contribution is 0.0119. The normalized spacial score (nSPS) is 12.6. The van der Waals surface area contributed by atoms with Gasteiger partial charge in [0.15, 0.2) is 0 Å². The first-order valence-corrected chi connectivity index (χ1v) is 4.54. The van der Waals surface area contributed by atoms with Gasteiger partial charge >= 0.3 is 0 Å². The SMILES string of the molecule is COC(Cl)Oc1cccc(Br)c1. The number of halogens is 2. The summed E-state index contributed by atoms with van der Waals surface area (Å²) in [6, 6.07) is 7.38. The number of rotatable bonds is 3. The smallest absolute Gasteiger partial charge is 0.279 e. The van der Waals surface area contributed by atoms with Crippen LogP contribution >= 0.6 is 27.5 Å². The lowest BCUT2D eigenvalue weighted by atomic mass is 10.3. The molecule has 0 saturated heterocycles. The van der Waals surface area contributed by atoms with E-state index in [1.54, 1.807) is 6.07 Å². The standard InChI is InChI=1S/C8H8BrClO2/c1-11-8(10)12-7-4-2-3-6(9)5-7/h2-5,8H,1H3. The van der Waals surface area contributed by atoms with Crippen molar-refractivity contribution in [3.63, 3.8) is 0 Å². The van der Waals surface area contributed by atoms with Gasteiger partial charge in [-0.25, -0.2) is 0 Å². The molecule has 0 heterocycles. The van der Waals surface area contributed by atoms with E-state index in [4.69, 9.17) is 21.1 Å². The van der Waals surface area contributed by atoms with Crippen molar-refractivity contribution >= 4 is 27.5 Å². The van der Waals surface area contributed by atoms with Gasteiger partial charge in [0.05, 0.1) is 0 Å². The van der Waals surface area contributed by atoms with Crippen LogP contribution in [-0.4, -0.2) is 12.9 Å². The number of hydrogen-bond donors (Lipinski definition) is 0. The fraction of sp³-hybridized carbons (Fsp3) is 0.250. The molecule has 0 saturated carbocycles. The molecule has 0 bridgehead atoms. The van der Waals surface area contributed by atoms with Crippen molar-refractivity contribution in [2.75, 3.05) is 7.11 Å². The Balaban J connectivity index is 2.63. The van der Waals surface area contributed by atoms with Crippen molar-refractivity contribution in [3.8, 4) is 5.75 Å². The molecule has 0 amide bonds. The topological polar surface area (TPSA) is 18.5 Å². The molecule has 0 spiro atoms. The van der Waals surface area contributed by atoms with E-state index in [-0.39, 0.29) is 0 Å². The highest BCUT2D eigenvalue weighted by molar-refractivity contribution is 9.10. The first-order valence-electron chi connectivity index (χ1n) is 3.31. The second kappa shape index (κ2) is 4.70. The fourth-order valence-corrected chi connectivity index (χ4v) is 1.18. The van der Waals surface area contributed by atoms with Crippen LogP contribution in [0.2, 0.25) is 0 Å². The van der Waals surface area contributed by atoms with Crippen molar-refractivity contribution in [2.24, 2.45) is 0 Å². The van der Waals surface area contributed by atoms with E-state index in [0.29, 0.717) is 5.75 Å². The third kappa shape index (κ3) is 3.01. The Morgan fingerprint density at radius 3 is 2.83 bits per heavy atom. The van der Waals surface area contributed by atoms with Crippen LogP contribution in [0.3, 0.4) is 0 Å². The van der Waals surface area contributed by atoms with E-state index < -0.39 is 5.75 Å². The summed E-state index contributed by atoms with van der Waals surface area (Å²) in [6.45, 7) is 0. The predicted octanol–water partition coefficient (Wildman–Crippen LogP) is 3.00. The molecule has 12 heavy (non-hydrogen) atoms. The Morgan fingerprint density at radius 2 is 2.25 bits per heavy atom. The maximum atomic E-state index is 5.59. The average Bonchev–Trinajstić information content (AvgIpc) is 2.04. The van der Waals surface area contributed by atoms with Gasteiger partial charge in [-0.15, -0.1) is 0 Å². The lowest BCUT2D eigenvalue weighted by Crippen LogP contribution is -2.10. The molecule has 4 heteroatoms. The van der Waals surface area contributed by atoms with E-state index in [1.807, 2.05) is 18.2 Å². The van der Waals surface area contributed by atoms with Crippen LogP contribution < -0.4 is 4.74 Å². The second-order valence-electron chi connectivity index (χ2n) is 2.09. The van der Waals surface area contributed by atoms with E-state index in [1.165, 1.54) is 7.11 Å². The Hall–Kier alpha value is -0.250. The van der Waals surface area contributed by atoms with Crippen molar-refractivity contribution in [1.82, 2.24) is 0 Å². The average molecular weight is 252 g/mol. The minimum atomic E-state index is -0.737. The third-order valence-electron chi connectivity index (χ3n) is 1.21. The number of ether oxygens (including phenoxy) is 2. The van der Waals surface area contributed by atoms with Gasteiger partial charge in [-0.05, 0) is 29.8 Å². The van der Waals surface area contributed by atoms with Crippen molar-refractivity contribution in [1.29, 1.82) is 0 Å². The van der Waals surface area contributed by atoms with Crippen LogP contribution in [0.4, 0.5) is 0 Å². The molecule has 0 aliphatic heterocycles. The number of benzene rings is 1. The van der Waals surface area contributed by atoms with Crippen LogP contribution in [0.25, 0.3) is 0 Å². The maximum Gasteiger partial charge on any atom is 0.279 e. The molecule has 1 aromatic rings. The molecule has 1 atom stereocenters. The molecular formula is C8H8BrClO2. The Kier molecular flexibility index (Phi) is 3.85. The van der Waals surface area contributed by atoms with Gasteiger partial charge in [0.1, 0.15) is 5.75 Å². The molecule has 0 radical (unpaired) electrons. The molecule has 66 valence electrons. The largest absolute Gasteiger partial charge is 0.451 e. The third-order valence-corrected chi connectivity index (χ3v) is 1.97. The van der Waals surface area contributed by atoms with Crippen molar-refractivity contribution < 1.29 is 9.47 Å². The molecular weight excluding hydrogens is 243 g/mol. The summed E-state index contributed by atoms with van der Waals surface area (Å²) in [5.74, 6) is -0.0643. The van der Waals surface area contributed by atoms with E-state index in [2.05, 4.69) is 15.9 Å². The van der Waals surface area contributed by atoms with Gasteiger partial charge in [-0.3, -0.25) is 0 Å². The summed E-state index contributed by atoms with van der Waals surface area (Å²) in [7, 11) is 1.48. The Morgan fingerprint density at radius 1 is 1.50 bits per heavy atom. The van der Waals surface area contributed by atoms with E-state index in [9.17, 15) is 0 Å². The van der Waals surface area contributed by atoms with E-state index >= 15 is 0 Å². The summed E-state index contributed by atoms with van der Waals surface area (Å²) in [5, 5.41) is 0. The highest BCUT2D eigenvalue weighted by atomic mass is 79.9. The number of hydrogen-bond acceptors (Lipinski definition) is 2. The first kappa shape index (κ1) is 9.84. The molecule has 1 rings (SSSR count). The Bertz CT molecular complexity index is 255. The lowest BCUT2D eigenvalue weighted by Gasteiger charge is -2.09. The highest BCUT2D eigenvalue weighted by Crippen LogP contribution is 2.19. The highest BCUT2D eigenvalue weighted by Gasteiger charge is 2.02. The summed E-state index contributed by atoms with van der Waals surface area (Å²) < 4.78 is 10.8. The van der Waals surface area contributed by atoms with E-state index in [0.717, 1.165) is 4.47 Å². The van der Waals surface area contributed by atoms with Gasteiger partial charge < -0.3 is 9.47 Å². The molecule has 0 aliphatic carbocycles. The minimum Gasteiger partial charge on any atom is -0.451 e. The second-order valence-corrected chi connectivity index (χ2v) is 3.36. The molecule has 0 fully saturated rings. The van der Waals surface area contributed by atoms with Gasteiger partial charge in [0, 0.05) is 11.6 Å². The molecule has 0 aliphatic rings. The van der Waals surface area contributed by atoms with Gasteiger partial charge in [-0.1, -0.05) is 22.0 Å². The fourth-order valence-electron chi connectivity index (χ4n) is 0.695. The summed E-state index contributed by atoms with van der Waals surface area (Å²) >= 11 is 8.90. The Labute approximate surface area is 84.6 Å². The van der Waals surface area contributed by atoms with Gasteiger partial charge in [0.2, 0.25) is 0 Å². The quantitative estimate of drug-likeness (QED) is 0.607. The van der Waals surface area contributed by atoms with Gasteiger partial charge in [0.25, 0.3) is 5.75 Å². The monoisotopic (exact) mass is 250 g/mol. The molecule has 1 unspecified atom stereocenters. The van der Waals surface area contributed by atoms with Crippen LogP contribution in [0.15, 0.2) is 28.7 Å². The summed E-state index contributed by atoms with van der Waals surface area (Å²) in [4.78, 5) is 0. The summed E-state index contributed by atoms with van der Waals surface area (Å²) in [5.41, 5.74) is 0. The van der Waals surface area contributed by atoms with Gasteiger partial charge in [-0.2, -0.15) is 0 Å². The molecule has 1 aromatic carbocycles. The number of methoxy groups -OCH3 is 1. The molecule has 2 nitrogen and oxygen atoms in total.